The van der Waals surface area contributed by atoms with E-state index in [0.717, 1.165) is 0 Å². The predicted octanol–water partition coefficient (Wildman–Crippen LogP) is 3.44. The summed E-state index contributed by atoms with van der Waals surface area (Å²) < 4.78 is 190. The number of hydrogen-bond donors (Lipinski definition) is 0. The molecule has 0 aliphatic carbocycles. The second kappa shape index (κ2) is 8.34. The van der Waals surface area contributed by atoms with Crippen LogP contribution >= 0.6 is 0 Å². The van der Waals surface area contributed by atoms with E-state index in [2.05, 4.69) is 18.9 Å². The molecular weight excluding hydrogens is 506 g/mol. The smallest absolute Gasteiger partial charge is 0.429 e. The van der Waals surface area contributed by atoms with E-state index in [1.165, 1.54) is 0 Å². The van der Waals surface area contributed by atoms with Crippen LogP contribution in [0.4, 0.5) is 61.5 Å². The molecule has 2 unspecified atom stereocenters. The second-order valence-electron chi connectivity index (χ2n) is 5.63. The third-order valence-electron chi connectivity index (χ3n) is 3.33. The fourth-order valence-electron chi connectivity index (χ4n) is 1.60. The standard InChI is InChI=1S/C12H6F14O6/c13-7(14,9(17,18)11(21,22)23)5(27)31-3-1-29-4(2-30-3)32-6(28)8(15,16)10(19,20)12(24,25)26/h3-4H,1-2H2. The van der Waals surface area contributed by atoms with Gasteiger partial charge in [0.2, 0.25) is 12.6 Å². The van der Waals surface area contributed by atoms with Crippen molar-refractivity contribution < 1.29 is 90.0 Å². The summed E-state index contributed by atoms with van der Waals surface area (Å²) in [6.45, 7) is -3.00. The van der Waals surface area contributed by atoms with Gasteiger partial charge < -0.3 is 18.9 Å². The summed E-state index contributed by atoms with van der Waals surface area (Å²) in [6.07, 6.45) is -18.8. The number of esters is 2. The van der Waals surface area contributed by atoms with Gasteiger partial charge in [-0.25, -0.2) is 9.59 Å². The molecule has 20 heteroatoms. The van der Waals surface area contributed by atoms with Crippen LogP contribution in [0.3, 0.4) is 0 Å². The molecule has 1 aliphatic rings. The number of halogens is 14. The average molecular weight is 512 g/mol. The summed E-state index contributed by atoms with van der Waals surface area (Å²) in [5, 5.41) is 0. The monoisotopic (exact) mass is 512 g/mol. The number of carbonyl (C=O) groups excluding carboxylic acids is 2. The van der Waals surface area contributed by atoms with Gasteiger partial charge in [-0.15, -0.1) is 0 Å². The molecule has 1 saturated heterocycles. The van der Waals surface area contributed by atoms with Gasteiger partial charge in [0.1, 0.15) is 13.2 Å². The summed E-state index contributed by atoms with van der Waals surface area (Å²) in [5.74, 6) is -33.7. The van der Waals surface area contributed by atoms with E-state index in [1.54, 1.807) is 0 Å². The molecule has 0 N–H and O–H groups in total. The van der Waals surface area contributed by atoms with Crippen molar-refractivity contribution in [2.75, 3.05) is 13.2 Å². The van der Waals surface area contributed by atoms with Crippen molar-refractivity contribution in [2.24, 2.45) is 0 Å². The molecule has 2 atom stereocenters. The number of rotatable bonds is 6. The van der Waals surface area contributed by atoms with Gasteiger partial charge in [0.05, 0.1) is 0 Å². The molecule has 0 radical (unpaired) electrons. The minimum absolute atomic E-state index is 1.50. The lowest BCUT2D eigenvalue weighted by molar-refractivity contribution is -0.357. The minimum Gasteiger partial charge on any atom is -0.429 e. The quantitative estimate of drug-likeness (QED) is 0.402. The van der Waals surface area contributed by atoms with Crippen LogP contribution in [0.25, 0.3) is 0 Å². The summed E-state index contributed by atoms with van der Waals surface area (Å²) in [5.41, 5.74) is 0. The maximum absolute atomic E-state index is 13.1. The number of carbonyl (C=O) groups is 2. The van der Waals surface area contributed by atoms with Gasteiger partial charge in [0.25, 0.3) is 0 Å². The first-order valence-corrected chi connectivity index (χ1v) is 7.30. The van der Waals surface area contributed by atoms with Crippen LogP contribution < -0.4 is 0 Å². The Morgan fingerprint density at radius 2 is 0.812 bits per heavy atom. The maximum atomic E-state index is 13.1. The predicted molar refractivity (Wildman–Crippen MR) is 63.6 cm³/mol. The molecule has 188 valence electrons. The highest BCUT2D eigenvalue weighted by molar-refractivity contribution is 5.79. The molecule has 0 aromatic rings. The molecule has 0 amide bonds. The van der Waals surface area contributed by atoms with Crippen LogP contribution in [0.2, 0.25) is 0 Å². The van der Waals surface area contributed by atoms with E-state index in [-0.39, 0.29) is 0 Å². The highest BCUT2D eigenvalue weighted by atomic mass is 19.4. The molecule has 0 aromatic heterocycles. The van der Waals surface area contributed by atoms with E-state index in [1.807, 2.05) is 0 Å². The van der Waals surface area contributed by atoms with E-state index in [0.29, 0.717) is 0 Å². The van der Waals surface area contributed by atoms with Gasteiger partial charge >= 0.3 is 48.0 Å². The highest BCUT2D eigenvalue weighted by Crippen LogP contribution is 2.48. The molecule has 0 saturated carbocycles. The normalized spacial score (nSPS) is 21.8. The van der Waals surface area contributed by atoms with Gasteiger partial charge in [-0.1, -0.05) is 0 Å². The average Bonchev–Trinajstić information content (AvgIpc) is 2.60. The Bertz CT molecular complexity index is 646. The number of alkyl halides is 14. The largest absolute Gasteiger partial charge is 0.460 e. The summed E-state index contributed by atoms with van der Waals surface area (Å²) in [6, 6.07) is 0. The number of ether oxygens (including phenoxy) is 4. The SMILES string of the molecule is O=C(OC1COC(OC(=O)C(F)(F)C(F)(F)C(F)(F)F)CO1)C(F)(F)C(F)(F)C(F)(F)F. The Labute approximate surface area is 165 Å². The zero-order chi connectivity index (χ0) is 25.6. The van der Waals surface area contributed by atoms with E-state index < -0.39 is 73.8 Å². The number of hydrogen-bond acceptors (Lipinski definition) is 6. The fourth-order valence-corrected chi connectivity index (χ4v) is 1.60. The summed E-state index contributed by atoms with van der Waals surface area (Å²) >= 11 is 0. The van der Waals surface area contributed by atoms with Gasteiger partial charge in [-0.05, 0) is 0 Å². The molecule has 0 spiro atoms. The van der Waals surface area contributed by atoms with Gasteiger partial charge in [0, 0.05) is 0 Å². The topological polar surface area (TPSA) is 71.1 Å². The molecule has 1 heterocycles. The van der Waals surface area contributed by atoms with Crippen LogP contribution in [-0.2, 0) is 28.5 Å². The molecule has 32 heavy (non-hydrogen) atoms. The fraction of sp³-hybridized carbons (Fsp3) is 0.833. The lowest BCUT2D eigenvalue weighted by Gasteiger charge is -2.32. The second-order valence-corrected chi connectivity index (χ2v) is 5.63. The first-order chi connectivity index (χ1) is 14.0. The van der Waals surface area contributed by atoms with Gasteiger partial charge in [-0.2, -0.15) is 61.5 Å². The Balaban J connectivity index is 2.73. The lowest BCUT2D eigenvalue weighted by Crippen LogP contribution is -2.58. The molecule has 0 aromatic carbocycles. The van der Waals surface area contributed by atoms with Crippen LogP contribution in [0.5, 0.6) is 0 Å². The third kappa shape index (κ3) is 4.94. The first-order valence-electron chi connectivity index (χ1n) is 7.30. The van der Waals surface area contributed by atoms with Crippen LogP contribution in [0.1, 0.15) is 0 Å². The van der Waals surface area contributed by atoms with E-state index in [9.17, 15) is 71.1 Å². The van der Waals surface area contributed by atoms with Crippen molar-refractivity contribution >= 4 is 11.9 Å². The molecular formula is C12H6F14O6. The molecule has 0 bridgehead atoms. The molecule has 1 fully saturated rings. The molecule has 1 aliphatic heterocycles. The van der Waals surface area contributed by atoms with Crippen LogP contribution in [-0.4, -0.2) is 73.8 Å². The van der Waals surface area contributed by atoms with Crippen LogP contribution in [0.15, 0.2) is 0 Å². The van der Waals surface area contributed by atoms with Crippen LogP contribution in [0, 0.1) is 0 Å². The van der Waals surface area contributed by atoms with Crippen molar-refractivity contribution in [3.05, 3.63) is 0 Å². The summed E-state index contributed by atoms with van der Waals surface area (Å²) in [7, 11) is 0. The lowest BCUT2D eigenvalue weighted by atomic mass is 10.1. The zero-order valence-corrected chi connectivity index (χ0v) is 14.3. The Kier molecular flexibility index (Phi) is 7.28. The Morgan fingerprint density at radius 1 is 0.562 bits per heavy atom. The van der Waals surface area contributed by atoms with Crippen molar-refractivity contribution in [1.29, 1.82) is 0 Å². The van der Waals surface area contributed by atoms with Gasteiger partial charge in [0.15, 0.2) is 0 Å². The Hall–Kier alpha value is -2.12. The minimum atomic E-state index is -6.90. The van der Waals surface area contributed by atoms with Crippen molar-refractivity contribution in [1.82, 2.24) is 0 Å². The molecule has 6 nitrogen and oxygen atoms in total. The zero-order valence-electron chi connectivity index (χ0n) is 14.3. The third-order valence-corrected chi connectivity index (χ3v) is 3.33. The van der Waals surface area contributed by atoms with Crippen molar-refractivity contribution in [3.8, 4) is 0 Å². The Morgan fingerprint density at radius 3 is 1.00 bits per heavy atom. The summed E-state index contributed by atoms with van der Waals surface area (Å²) in [4.78, 5) is 21.9. The van der Waals surface area contributed by atoms with E-state index in [4.69, 9.17) is 0 Å². The van der Waals surface area contributed by atoms with Gasteiger partial charge in [-0.3, -0.25) is 0 Å². The van der Waals surface area contributed by atoms with E-state index >= 15 is 0 Å². The first kappa shape index (κ1) is 27.9. The van der Waals surface area contributed by atoms with Crippen molar-refractivity contribution in [2.45, 2.75) is 48.6 Å². The highest BCUT2D eigenvalue weighted by Gasteiger charge is 2.78. The van der Waals surface area contributed by atoms with Crippen molar-refractivity contribution in [3.63, 3.8) is 0 Å². The maximum Gasteiger partial charge on any atom is 0.460 e. The molecule has 1 rings (SSSR count).